The van der Waals surface area contributed by atoms with E-state index in [4.69, 9.17) is 5.73 Å². The number of benzene rings is 2. The van der Waals surface area contributed by atoms with Crippen molar-refractivity contribution >= 4 is 33.3 Å². The standard InChI is InChI=1S/C18H18F3N3O5S/c1-24(30(27,28)15-6-4-3-5-12(15)18(19,20)21)10-16(25)23-14-8-7-11(9-13(14)22)17(26)29-2/h3-9H,10,22H2,1-2H3,(H,23,25). The minimum Gasteiger partial charge on any atom is -0.465 e. The van der Waals surface area contributed by atoms with Gasteiger partial charge in [0.1, 0.15) is 0 Å². The summed E-state index contributed by atoms with van der Waals surface area (Å²) in [7, 11) is -2.45. The van der Waals surface area contributed by atoms with E-state index in [0.29, 0.717) is 10.4 Å². The van der Waals surface area contributed by atoms with Crippen molar-refractivity contribution in [2.24, 2.45) is 0 Å². The van der Waals surface area contributed by atoms with Crippen LogP contribution in [0.3, 0.4) is 0 Å². The SMILES string of the molecule is COC(=O)c1ccc(NC(=O)CN(C)S(=O)(=O)c2ccccc2C(F)(F)F)c(N)c1. The van der Waals surface area contributed by atoms with Crippen LogP contribution < -0.4 is 11.1 Å². The van der Waals surface area contributed by atoms with E-state index >= 15 is 0 Å². The van der Waals surface area contributed by atoms with Crippen LogP contribution >= 0.6 is 0 Å². The van der Waals surface area contributed by atoms with Crippen LogP contribution in [0, 0.1) is 0 Å². The van der Waals surface area contributed by atoms with Crippen LogP contribution in [0.1, 0.15) is 15.9 Å². The number of hydrogen-bond acceptors (Lipinski definition) is 6. The summed E-state index contributed by atoms with van der Waals surface area (Å²) in [4.78, 5) is 22.7. The Morgan fingerprint density at radius 3 is 2.37 bits per heavy atom. The highest BCUT2D eigenvalue weighted by atomic mass is 32.2. The molecular weight excluding hydrogens is 427 g/mol. The molecule has 0 saturated heterocycles. The number of halogens is 3. The molecule has 8 nitrogen and oxygen atoms in total. The number of methoxy groups -OCH3 is 1. The van der Waals surface area contributed by atoms with Gasteiger partial charge >= 0.3 is 12.1 Å². The highest BCUT2D eigenvalue weighted by Gasteiger charge is 2.38. The summed E-state index contributed by atoms with van der Waals surface area (Å²) in [6, 6.07) is 7.57. The molecule has 1 amide bonds. The van der Waals surface area contributed by atoms with Crippen LogP contribution in [0.2, 0.25) is 0 Å². The van der Waals surface area contributed by atoms with Crippen molar-refractivity contribution in [1.82, 2.24) is 4.31 Å². The average molecular weight is 445 g/mol. The zero-order valence-corrected chi connectivity index (χ0v) is 16.7. The minimum atomic E-state index is -4.89. The predicted octanol–water partition coefficient (Wildman–Crippen LogP) is 2.33. The van der Waals surface area contributed by atoms with Gasteiger partial charge in [0.05, 0.1) is 41.1 Å². The van der Waals surface area contributed by atoms with E-state index in [0.717, 1.165) is 25.2 Å². The van der Waals surface area contributed by atoms with Gasteiger partial charge in [0, 0.05) is 7.05 Å². The number of carbonyl (C=O) groups is 2. The molecule has 0 aromatic heterocycles. The first-order chi connectivity index (χ1) is 13.9. The van der Waals surface area contributed by atoms with E-state index in [1.807, 2.05) is 0 Å². The molecule has 0 atom stereocenters. The lowest BCUT2D eigenvalue weighted by atomic mass is 10.1. The van der Waals surface area contributed by atoms with E-state index in [1.165, 1.54) is 25.3 Å². The number of nitrogens with zero attached hydrogens (tertiary/aromatic N) is 1. The van der Waals surface area contributed by atoms with Gasteiger partial charge in [0.15, 0.2) is 0 Å². The van der Waals surface area contributed by atoms with Gasteiger partial charge in [-0.25, -0.2) is 13.2 Å². The maximum Gasteiger partial charge on any atom is 0.417 e. The fraction of sp³-hybridized carbons (Fsp3) is 0.222. The molecule has 12 heteroatoms. The Morgan fingerprint density at radius 2 is 1.80 bits per heavy atom. The van der Waals surface area contributed by atoms with Crippen LogP contribution in [0.4, 0.5) is 24.5 Å². The van der Waals surface area contributed by atoms with E-state index in [-0.39, 0.29) is 16.9 Å². The molecule has 0 heterocycles. The first kappa shape index (κ1) is 23.2. The summed E-state index contributed by atoms with van der Waals surface area (Å²) in [5, 5.41) is 2.35. The highest BCUT2D eigenvalue weighted by Crippen LogP contribution is 2.34. The van der Waals surface area contributed by atoms with Crippen LogP contribution in [0.25, 0.3) is 0 Å². The number of alkyl halides is 3. The largest absolute Gasteiger partial charge is 0.465 e. The number of ether oxygens (including phenoxy) is 1. The Bertz CT molecular complexity index is 1070. The molecular formula is C18H18F3N3O5S. The van der Waals surface area contributed by atoms with Crippen LogP contribution in [-0.4, -0.2) is 45.3 Å². The number of nitrogens with one attached hydrogen (secondary N) is 1. The lowest BCUT2D eigenvalue weighted by molar-refractivity contribution is -0.139. The number of amides is 1. The number of anilines is 2. The third kappa shape index (κ3) is 5.07. The fourth-order valence-corrected chi connectivity index (χ4v) is 3.83. The maximum atomic E-state index is 13.1. The molecule has 2 rings (SSSR count). The van der Waals surface area contributed by atoms with Gasteiger partial charge in [0.25, 0.3) is 0 Å². The van der Waals surface area contributed by atoms with E-state index < -0.39 is 45.1 Å². The van der Waals surface area contributed by atoms with E-state index in [2.05, 4.69) is 10.1 Å². The quantitative estimate of drug-likeness (QED) is 0.520. The Kier molecular flexibility index (Phi) is 6.73. The molecule has 0 aliphatic carbocycles. The smallest absolute Gasteiger partial charge is 0.417 e. The zero-order valence-electron chi connectivity index (χ0n) is 15.9. The third-order valence-electron chi connectivity index (χ3n) is 3.99. The molecule has 30 heavy (non-hydrogen) atoms. The minimum absolute atomic E-state index is 0.0131. The third-order valence-corrected chi connectivity index (χ3v) is 5.86. The van der Waals surface area contributed by atoms with Crippen molar-refractivity contribution in [2.75, 3.05) is 31.8 Å². The number of sulfonamides is 1. The monoisotopic (exact) mass is 445 g/mol. The number of nitrogen functional groups attached to an aromatic ring is 1. The van der Waals surface area contributed by atoms with Crippen molar-refractivity contribution in [2.45, 2.75) is 11.1 Å². The van der Waals surface area contributed by atoms with Crippen molar-refractivity contribution < 1.29 is 35.9 Å². The molecule has 2 aromatic rings. The molecule has 162 valence electrons. The number of likely N-dealkylation sites (N-methyl/N-ethyl adjacent to an activating group) is 1. The Balaban J connectivity index is 2.19. The van der Waals surface area contributed by atoms with E-state index in [9.17, 15) is 31.2 Å². The summed E-state index contributed by atoms with van der Waals surface area (Å²) in [6.45, 7) is -0.771. The van der Waals surface area contributed by atoms with Gasteiger partial charge in [0.2, 0.25) is 15.9 Å². The molecule has 0 saturated carbocycles. The highest BCUT2D eigenvalue weighted by molar-refractivity contribution is 7.89. The van der Waals surface area contributed by atoms with Gasteiger partial charge < -0.3 is 15.8 Å². The Morgan fingerprint density at radius 1 is 1.17 bits per heavy atom. The molecule has 0 unspecified atom stereocenters. The van der Waals surface area contributed by atoms with Gasteiger partial charge in [-0.05, 0) is 30.3 Å². The van der Waals surface area contributed by atoms with Gasteiger partial charge in [-0.2, -0.15) is 17.5 Å². The second kappa shape index (κ2) is 8.71. The summed E-state index contributed by atoms with van der Waals surface area (Å²) in [6.07, 6.45) is -4.89. The van der Waals surface area contributed by atoms with Crippen LogP contribution in [0.15, 0.2) is 47.4 Å². The molecule has 0 radical (unpaired) electrons. The number of hydrogen-bond donors (Lipinski definition) is 2. The molecule has 3 N–H and O–H groups in total. The summed E-state index contributed by atoms with van der Waals surface area (Å²) in [5.74, 6) is -1.49. The summed E-state index contributed by atoms with van der Waals surface area (Å²) < 4.78 is 69.6. The van der Waals surface area contributed by atoms with Crippen molar-refractivity contribution in [1.29, 1.82) is 0 Å². The maximum absolute atomic E-state index is 13.1. The first-order valence-electron chi connectivity index (χ1n) is 8.28. The van der Waals surface area contributed by atoms with Crippen LogP contribution in [-0.2, 0) is 25.7 Å². The number of carbonyl (C=O) groups excluding carboxylic acids is 2. The Hall–Kier alpha value is -3.12. The predicted molar refractivity (Wildman–Crippen MR) is 102 cm³/mol. The lowest BCUT2D eigenvalue weighted by Crippen LogP contribution is -2.36. The second-order valence-corrected chi connectivity index (χ2v) is 8.11. The molecule has 0 aliphatic heterocycles. The number of rotatable bonds is 6. The number of nitrogens with two attached hydrogens (primary N) is 1. The van der Waals surface area contributed by atoms with E-state index in [1.54, 1.807) is 0 Å². The second-order valence-electron chi connectivity index (χ2n) is 6.10. The normalized spacial score (nSPS) is 11.9. The average Bonchev–Trinajstić information content (AvgIpc) is 2.68. The lowest BCUT2D eigenvalue weighted by Gasteiger charge is -2.20. The summed E-state index contributed by atoms with van der Waals surface area (Å²) in [5.41, 5.74) is 4.67. The zero-order chi connectivity index (χ0) is 22.7. The van der Waals surface area contributed by atoms with Gasteiger partial charge in [-0.1, -0.05) is 12.1 Å². The van der Waals surface area contributed by atoms with Crippen molar-refractivity contribution in [3.63, 3.8) is 0 Å². The number of esters is 1. The fourth-order valence-electron chi connectivity index (χ4n) is 2.49. The van der Waals surface area contributed by atoms with Crippen molar-refractivity contribution in [3.8, 4) is 0 Å². The topological polar surface area (TPSA) is 119 Å². The molecule has 0 fully saturated rings. The first-order valence-corrected chi connectivity index (χ1v) is 9.72. The summed E-state index contributed by atoms with van der Waals surface area (Å²) >= 11 is 0. The molecule has 0 bridgehead atoms. The molecule has 2 aromatic carbocycles. The molecule has 0 spiro atoms. The molecule has 0 aliphatic rings. The van der Waals surface area contributed by atoms with Crippen LogP contribution in [0.5, 0.6) is 0 Å². The van der Waals surface area contributed by atoms with Crippen molar-refractivity contribution in [3.05, 3.63) is 53.6 Å². The Labute approximate surface area is 170 Å². The van der Waals surface area contributed by atoms with Gasteiger partial charge in [-0.15, -0.1) is 0 Å². The van der Waals surface area contributed by atoms with Gasteiger partial charge in [-0.3, -0.25) is 4.79 Å².